The Morgan fingerprint density at radius 2 is 2.39 bits per heavy atom. The Labute approximate surface area is 134 Å². The van der Waals surface area contributed by atoms with E-state index in [9.17, 15) is 9.90 Å². The normalized spacial score (nSPS) is 24.0. The average molecular weight is 318 g/mol. The van der Waals surface area contributed by atoms with Crippen LogP contribution in [-0.2, 0) is 11.2 Å². The molecule has 1 aliphatic rings. The highest BCUT2D eigenvalue weighted by Crippen LogP contribution is 2.37. The number of hydrogen-bond acceptors (Lipinski definition) is 5. The van der Waals surface area contributed by atoms with Gasteiger partial charge in [-0.15, -0.1) is 0 Å². The predicted octanol–water partition coefficient (Wildman–Crippen LogP) is 2.45. The highest BCUT2D eigenvalue weighted by molar-refractivity contribution is 5.78. The van der Waals surface area contributed by atoms with Crippen molar-refractivity contribution in [3.05, 3.63) is 29.9 Å². The van der Waals surface area contributed by atoms with E-state index in [0.29, 0.717) is 23.1 Å². The highest BCUT2D eigenvalue weighted by atomic mass is 16.4. The molecule has 124 valence electrons. The van der Waals surface area contributed by atoms with Crippen LogP contribution in [0, 0.1) is 12.3 Å². The Bertz CT molecular complexity index is 677. The summed E-state index contributed by atoms with van der Waals surface area (Å²) in [6.07, 6.45) is 4.57. The largest absolute Gasteiger partial charge is 0.459 e. The summed E-state index contributed by atoms with van der Waals surface area (Å²) < 4.78 is 10.8. The van der Waals surface area contributed by atoms with Crippen molar-refractivity contribution in [2.45, 2.75) is 45.6 Å². The summed E-state index contributed by atoms with van der Waals surface area (Å²) in [5.41, 5.74) is 0.381. The number of hydrogen-bond donors (Lipinski definition) is 2. The van der Waals surface area contributed by atoms with Gasteiger partial charge < -0.3 is 19.3 Å². The Hall–Kier alpha value is -2.08. The van der Waals surface area contributed by atoms with Crippen LogP contribution in [-0.4, -0.2) is 28.6 Å². The van der Waals surface area contributed by atoms with Crippen molar-refractivity contribution in [3.63, 3.8) is 0 Å². The Kier molecular flexibility index (Phi) is 4.26. The van der Waals surface area contributed by atoms with Gasteiger partial charge in [0.1, 0.15) is 5.76 Å². The van der Waals surface area contributed by atoms with Gasteiger partial charge in [0.05, 0.1) is 25.0 Å². The maximum atomic E-state index is 12.3. The van der Waals surface area contributed by atoms with Crippen molar-refractivity contribution in [2.24, 2.45) is 5.41 Å². The zero-order valence-electron chi connectivity index (χ0n) is 13.5. The molecule has 2 aromatic heterocycles. The Balaban J connectivity index is 1.67. The third-order valence-electron chi connectivity index (χ3n) is 4.73. The molecule has 1 fully saturated rings. The first-order valence-corrected chi connectivity index (χ1v) is 7.92. The van der Waals surface area contributed by atoms with E-state index >= 15 is 0 Å². The molecule has 2 aromatic rings. The van der Waals surface area contributed by atoms with Crippen LogP contribution in [0.25, 0.3) is 11.7 Å². The minimum Gasteiger partial charge on any atom is -0.459 e. The number of aliphatic hydroxyl groups is 1. The molecular weight excluding hydrogens is 296 g/mol. The number of rotatable bonds is 5. The second-order valence-electron chi connectivity index (χ2n) is 6.50. The van der Waals surface area contributed by atoms with E-state index < -0.39 is 0 Å². The fourth-order valence-electron chi connectivity index (χ4n) is 3.16. The summed E-state index contributed by atoms with van der Waals surface area (Å²) in [4.78, 5) is 16.7. The summed E-state index contributed by atoms with van der Waals surface area (Å²) >= 11 is 0. The molecule has 2 atom stereocenters. The highest BCUT2D eigenvalue weighted by Gasteiger charge is 2.39. The summed E-state index contributed by atoms with van der Waals surface area (Å²) in [6.45, 7) is 3.89. The Morgan fingerprint density at radius 1 is 1.57 bits per heavy atom. The minimum absolute atomic E-state index is 0.0109. The van der Waals surface area contributed by atoms with E-state index in [-0.39, 0.29) is 30.4 Å². The first-order valence-electron chi connectivity index (χ1n) is 7.92. The summed E-state index contributed by atoms with van der Waals surface area (Å²) in [5, 5.41) is 12.6. The van der Waals surface area contributed by atoms with Crippen molar-refractivity contribution in [2.75, 3.05) is 6.61 Å². The van der Waals surface area contributed by atoms with Gasteiger partial charge in [-0.3, -0.25) is 4.79 Å². The van der Waals surface area contributed by atoms with Crippen molar-refractivity contribution in [1.29, 1.82) is 0 Å². The number of aryl methyl sites for hydroxylation is 1. The van der Waals surface area contributed by atoms with Crippen molar-refractivity contribution < 1.29 is 18.7 Å². The van der Waals surface area contributed by atoms with E-state index in [2.05, 4.69) is 10.3 Å². The number of amides is 1. The SMILES string of the molecule is Cc1oc(-c2ccco2)nc1CC(=O)NC1CCCC1(C)CO. The van der Waals surface area contributed by atoms with Crippen LogP contribution >= 0.6 is 0 Å². The van der Waals surface area contributed by atoms with Crippen molar-refractivity contribution in [1.82, 2.24) is 10.3 Å². The molecule has 1 amide bonds. The van der Waals surface area contributed by atoms with Gasteiger partial charge in [0.15, 0.2) is 5.76 Å². The molecule has 0 saturated heterocycles. The number of oxazole rings is 1. The maximum absolute atomic E-state index is 12.3. The quantitative estimate of drug-likeness (QED) is 0.884. The van der Waals surface area contributed by atoms with Crippen LogP contribution in [0.5, 0.6) is 0 Å². The second-order valence-corrected chi connectivity index (χ2v) is 6.50. The molecule has 0 bridgehead atoms. The molecule has 0 radical (unpaired) electrons. The molecule has 2 heterocycles. The van der Waals surface area contributed by atoms with Gasteiger partial charge in [-0.2, -0.15) is 0 Å². The predicted molar refractivity (Wildman–Crippen MR) is 83.6 cm³/mol. The third-order valence-corrected chi connectivity index (χ3v) is 4.73. The topological polar surface area (TPSA) is 88.5 Å². The molecule has 2 unspecified atom stereocenters. The van der Waals surface area contributed by atoms with Crippen LogP contribution in [0.2, 0.25) is 0 Å². The van der Waals surface area contributed by atoms with Crippen LogP contribution in [0.15, 0.2) is 27.2 Å². The van der Waals surface area contributed by atoms with Crippen molar-refractivity contribution in [3.8, 4) is 11.7 Å². The van der Waals surface area contributed by atoms with Gasteiger partial charge in [0.2, 0.25) is 5.91 Å². The molecule has 1 aliphatic carbocycles. The monoisotopic (exact) mass is 318 g/mol. The smallest absolute Gasteiger partial charge is 0.263 e. The fraction of sp³-hybridized carbons (Fsp3) is 0.529. The van der Waals surface area contributed by atoms with Gasteiger partial charge in [-0.05, 0) is 31.9 Å². The zero-order valence-corrected chi connectivity index (χ0v) is 13.5. The van der Waals surface area contributed by atoms with Gasteiger partial charge in [-0.25, -0.2) is 4.98 Å². The van der Waals surface area contributed by atoms with Gasteiger partial charge >= 0.3 is 0 Å². The molecule has 0 spiro atoms. The van der Waals surface area contributed by atoms with Crippen LogP contribution < -0.4 is 5.32 Å². The summed E-state index contributed by atoms with van der Waals surface area (Å²) in [5.74, 6) is 1.45. The fourth-order valence-corrected chi connectivity index (χ4v) is 3.16. The first-order chi connectivity index (χ1) is 11.0. The lowest BCUT2D eigenvalue weighted by Gasteiger charge is -2.30. The number of furan rings is 1. The molecule has 6 heteroatoms. The van der Waals surface area contributed by atoms with Gasteiger partial charge in [0, 0.05) is 11.5 Å². The molecule has 23 heavy (non-hydrogen) atoms. The number of nitrogens with zero attached hydrogens (tertiary/aromatic N) is 1. The summed E-state index contributed by atoms with van der Waals surface area (Å²) in [7, 11) is 0. The number of aliphatic hydroxyl groups excluding tert-OH is 1. The molecule has 0 aliphatic heterocycles. The van der Waals surface area contributed by atoms with Gasteiger partial charge in [-0.1, -0.05) is 13.3 Å². The molecule has 1 saturated carbocycles. The Morgan fingerprint density at radius 3 is 3.09 bits per heavy atom. The van der Waals surface area contributed by atoms with Crippen LogP contribution in [0.4, 0.5) is 0 Å². The standard InChI is InChI=1S/C17H22N2O4/c1-11-12(18-16(23-11)13-5-4-8-22-13)9-15(21)19-14-6-3-7-17(14,2)10-20/h4-5,8,14,20H,3,6-7,9-10H2,1-2H3,(H,19,21). The van der Waals surface area contributed by atoms with Gasteiger partial charge in [0.25, 0.3) is 5.89 Å². The van der Waals surface area contributed by atoms with Crippen LogP contribution in [0.1, 0.15) is 37.6 Å². The van der Waals surface area contributed by atoms with E-state index in [0.717, 1.165) is 19.3 Å². The van der Waals surface area contributed by atoms with E-state index in [4.69, 9.17) is 8.83 Å². The second kappa shape index (κ2) is 6.20. The number of carbonyl (C=O) groups is 1. The zero-order chi connectivity index (χ0) is 16.4. The van der Waals surface area contributed by atoms with Crippen molar-refractivity contribution >= 4 is 5.91 Å². The van der Waals surface area contributed by atoms with E-state index in [1.54, 1.807) is 25.3 Å². The number of aromatic nitrogens is 1. The molecule has 0 aromatic carbocycles. The number of nitrogens with one attached hydrogen (secondary N) is 1. The lowest BCUT2D eigenvalue weighted by molar-refractivity contribution is -0.122. The first kappa shape index (κ1) is 15.8. The molecule has 3 rings (SSSR count). The van der Waals surface area contributed by atoms with E-state index in [1.165, 1.54) is 0 Å². The maximum Gasteiger partial charge on any atom is 0.263 e. The average Bonchev–Trinajstić information content (AvgIpc) is 3.23. The molecular formula is C17H22N2O4. The molecule has 6 nitrogen and oxygen atoms in total. The lowest BCUT2D eigenvalue weighted by atomic mass is 9.86. The molecule has 2 N–H and O–H groups in total. The van der Waals surface area contributed by atoms with E-state index in [1.807, 2.05) is 6.92 Å². The summed E-state index contributed by atoms with van der Waals surface area (Å²) in [6, 6.07) is 3.54. The number of carbonyl (C=O) groups excluding carboxylic acids is 1. The third kappa shape index (κ3) is 3.17. The minimum atomic E-state index is -0.228. The van der Waals surface area contributed by atoms with Crippen LogP contribution in [0.3, 0.4) is 0 Å². The lowest BCUT2D eigenvalue weighted by Crippen LogP contribution is -2.45.